The van der Waals surface area contributed by atoms with Gasteiger partial charge in [0.25, 0.3) is 0 Å². The lowest BCUT2D eigenvalue weighted by Gasteiger charge is -2.10. The van der Waals surface area contributed by atoms with Crippen LogP contribution in [0.1, 0.15) is 23.1 Å². The third kappa shape index (κ3) is 2.85. The largest absolute Gasteiger partial charge is 0.481 e. The zero-order valence-electron chi connectivity index (χ0n) is 14.1. The first-order chi connectivity index (χ1) is 11.4. The van der Waals surface area contributed by atoms with Gasteiger partial charge in [0.05, 0.1) is 17.5 Å². The highest BCUT2D eigenvalue weighted by Gasteiger charge is 2.15. The zero-order valence-corrected chi connectivity index (χ0v) is 14.1. The summed E-state index contributed by atoms with van der Waals surface area (Å²) in [6.07, 6.45) is 0.0483. The van der Waals surface area contributed by atoms with Crippen molar-refractivity contribution in [1.29, 1.82) is 0 Å². The van der Waals surface area contributed by atoms with Crippen molar-refractivity contribution in [2.45, 2.75) is 33.7 Å². The predicted octanol–water partition coefficient (Wildman–Crippen LogP) is 3.69. The van der Waals surface area contributed by atoms with Gasteiger partial charge in [-0.05, 0) is 55.7 Å². The van der Waals surface area contributed by atoms with Crippen molar-refractivity contribution in [2.24, 2.45) is 0 Å². The van der Waals surface area contributed by atoms with Crippen LogP contribution >= 0.6 is 0 Å². The molecule has 5 nitrogen and oxygen atoms in total. The van der Waals surface area contributed by atoms with Crippen molar-refractivity contribution in [2.75, 3.05) is 5.73 Å². The van der Waals surface area contributed by atoms with Crippen molar-refractivity contribution in [3.63, 3.8) is 0 Å². The summed E-state index contributed by atoms with van der Waals surface area (Å²) >= 11 is 0. The highest BCUT2D eigenvalue weighted by atomic mass is 16.4. The molecule has 0 aliphatic heterocycles. The number of nitrogens with two attached hydrogens (primary N) is 1. The SMILES string of the molecule is Cc1cc2nc(-c3ccc(C)c(N)c3)n(CCC(=O)O)c2cc1C. The molecule has 124 valence electrons. The van der Waals surface area contributed by atoms with E-state index in [0.717, 1.165) is 33.5 Å². The Morgan fingerprint density at radius 2 is 1.83 bits per heavy atom. The second-order valence-electron chi connectivity index (χ2n) is 6.23. The molecule has 0 aliphatic carbocycles. The maximum absolute atomic E-state index is 11.0. The van der Waals surface area contributed by atoms with E-state index < -0.39 is 5.97 Å². The molecule has 2 aromatic carbocycles. The third-order valence-electron chi connectivity index (χ3n) is 4.45. The molecule has 3 rings (SSSR count). The summed E-state index contributed by atoms with van der Waals surface area (Å²) in [7, 11) is 0. The van der Waals surface area contributed by atoms with Crippen LogP contribution in [0.5, 0.6) is 0 Å². The number of aliphatic carboxylic acids is 1. The minimum atomic E-state index is -0.824. The number of anilines is 1. The maximum Gasteiger partial charge on any atom is 0.305 e. The Bertz CT molecular complexity index is 941. The molecule has 1 heterocycles. The van der Waals surface area contributed by atoms with Crippen LogP contribution in [-0.4, -0.2) is 20.6 Å². The molecule has 0 saturated heterocycles. The number of imidazole rings is 1. The molecule has 0 saturated carbocycles. The Kier molecular flexibility index (Phi) is 4.01. The molecule has 24 heavy (non-hydrogen) atoms. The Morgan fingerprint density at radius 1 is 1.12 bits per heavy atom. The number of nitrogens with zero attached hydrogens (tertiary/aromatic N) is 2. The fourth-order valence-corrected chi connectivity index (χ4v) is 2.81. The molecule has 0 atom stereocenters. The fraction of sp³-hybridized carbons (Fsp3) is 0.263. The van der Waals surface area contributed by atoms with Crippen LogP contribution in [0, 0.1) is 20.8 Å². The Morgan fingerprint density at radius 3 is 2.50 bits per heavy atom. The number of fused-ring (bicyclic) bond motifs is 1. The number of rotatable bonds is 4. The Hall–Kier alpha value is -2.82. The molecular weight excluding hydrogens is 302 g/mol. The summed E-state index contributed by atoms with van der Waals surface area (Å²) in [5.74, 6) is -0.0713. The average molecular weight is 323 g/mol. The van der Waals surface area contributed by atoms with Crippen LogP contribution in [0.4, 0.5) is 5.69 Å². The predicted molar refractivity (Wildman–Crippen MR) is 96.0 cm³/mol. The van der Waals surface area contributed by atoms with E-state index in [2.05, 4.69) is 13.0 Å². The minimum Gasteiger partial charge on any atom is -0.481 e. The van der Waals surface area contributed by atoms with E-state index >= 15 is 0 Å². The Balaban J connectivity index is 2.22. The second-order valence-corrected chi connectivity index (χ2v) is 6.23. The van der Waals surface area contributed by atoms with Gasteiger partial charge in [-0.3, -0.25) is 4.79 Å². The molecule has 0 bridgehead atoms. The van der Waals surface area contributed by atoms with Gasteiger partial charge in [-0.1, -0.05) is 12.1 Å². The van der Waals surface area contributed by atoms with Crippen molar-refractivity contribution in [3.8, 4) is 11.4 Å². The first-order valence-electron chi connectivity index (χ1n) is 7.92. The van der Waals surface area contributed by atoms with E-state index in [0.29, 0.717) is 12.2 Å². The molecule has 5 heteroatoms. The van der Waals surface area contributed by atoms with Crippen LogP contribution in [-0.2, 0) is 11.3 Å². The number of hydrogen-bond acceptors (Lipinski definition) is 3. The molecule has 0 unspecified atom stereocenters. The molecule has 3 N–H and O–H groups in total. The van der Waals surface area contributed by atoms with Gasteiger partial charge in [-0.25, -0.2) is 4.98 Å². The van der Waals surface area contributed by atoms with E-state index in [9.17, 15) is 4.79 Å². The number of benzene rings is 2. The van der Waals surface area contributed by atoms with Gasteiger partial charge in [-0.2, -0.15) is 0 Å². The monoisotopic (exact) mass is 323 g/mol. The third-order valence-corrected chi connectivity index (χ3v) is 4.45. The van der Waals surface area contributed by atoms with Crippen LogP contribution < -0.4 is 5.73 Å². The van der Waals surface area contributed by atoms with Crippen LogP contribution in [0.3, 0.4) is 0 Å². The topological polar surface area (TPSA) is 81.1 Å². The van der Waals surface area contributed by atoms with Gasteiger partial charge < -0.3 is 15.4 Å². The molecule has 0 amide bonds. The minimum absolute atomic E-state index is 0.0483. The second kappa shape index (κ2) is 6.00. The molecule has 0 radical (unpaired) electrons. The number of carbonyl (C=O) groups is 1. The maximum atomic E-state index is 11.0. The number of carboxylic acid groups (broad SMARTS) is 1. The molecule has 0 fully saturated rings. The highest BCUT2D eigenvalue weighted by molar-refractivity contribution is 5.83. The Labute approximate surface area is 140 Å². The summed E-state index contributed by atoms with van der Waals surface area (Å²) in [5, 5.41) is 9.07. The van der Waals surface area contributed by atoms with E-state index in [1.54, 1.807) is 0 Å². The number of aromatic nitrogens is 2. The lowest BCUT2D eigenvalue weighted by molar-refractivity contribution is -0.137. The smallest absolute Gasteiger partial charge is 0.305 e. The van der Waals surface area contributed by atoms with Crippen molar-refractivity contribution >= 4 is 22.7 Å². The normalized spacial score (nSPS) is 11.1. The lowest BCUT2D eigenvalue weighted by Crippen LogP contribution is -2.06. The standard InChI is InChI=1S/C19H21N3O2/c1-11-4-5-14(10-15(11)20)19-21-16-8-12(2)13(3)9-17(16)22(19)7-6-18(23)24/h4-5,8-10H,6-7,20H2,1-3H3,(H,23,24). The van der Waals surface area contributed by atoms with Gasteiger partial charge in [0.2, 0.25) is 0 Å². The lowest BCUT2D eigenvalue weighted by atomic mass is 10.1. The van der Waals surface area contributed by atoms with Crippen LogP contribution in [0.2, 0.25) is 0 Å². The van der Waals surface area contributed by atoms with Crippen LogP contribution in [0.25, 0.3) is 22.4 Å². The average Bonchev–Trinajstić information content (AvgIpc) is 2.86. The summed E-state index contributed by atoms with van der Waals surface area (Å²) in [6, 6.07) is 9.95. The van der Waals surface area contributed by atoms with E-state index in [-0.39, 0.29) is 6.42 Å². The van der Waals surface area contributed by atoms with Crippen molar-refractivity contribution in [3.05, 3.63) is 47.0 Å². The number of hydrogen-bond donors (Lipinski definition) is 2. The summed E-state index contributed by atoms with van der Waals surface area (Å²) in [6.45, 7) is 6.43. The number of carboxylic acids is 1. The van der Waals surface area contributed by atoms with E-state index in [1.807, 2.05) is 42.7 Å². The fourth-order valence-electron chi connectivity index (χ4n) is 2.81. The van der Waals surface area contributed by atoms with Gasteiger partial charge >= 0.3 is 5.97 Å². The molecule has 0 spiro atoms. The molecule has 1 aromatic heterocycles. The quantitative estimate of drug-likeness (QED) is 0.718. The van der Waals surface area contributed by atoms with E-state index in [4.69, 9.17) is 15.8 Å². The van der Waals surface area contributed by atoms with Gasteiger partial charge in [0.1, 0.15) is 5.82 Å². The first kappa shape index (κ1) is 16.1. The summed E-state index contributed by atoms with van der Waals surface area (Å²) in [4.78, 5) is 15.8. The summed E-state index contributed by atoms with van der Waals surface area (Å²) in [5.41, 5.74) is 12.8. The molecule has 0 aliphatic rings. The van der Waals surface area contributed by atoms with Gasteiger partial charge in [0, 0.05) is 17.8 Å². The molecule has 3 aromatic rings. The zero-order chi connectivity index (χ0) is 17.4. The molecular formula is C19H21N3O2. The number of aryl methyl sites for hydroxylation is 4. The van der Waals surface area contributed by atoms with Gasteiger partial charge in [-0.15, -0.1) is 0 Å². The first-order valence-corrected chi connectivity index (χ1v) is 7.92. The highest BCUT2D eigenvalue weighted by Crippen LogP contribution is 2.29. The van der Waals surface area contributed by atoms with E-state index in [1.165, 1.54) is 5.56 Å². The van der Waals surface area contributed by atoms with Crippen molar-refractivity contribution < 1.29 is 9.90 Å². The van der Waals surface area contributed by atoms with Gasteiger partial charge in [0.15, 0.2) is 0 Å². The van der Waals surface area contributed by atoms with Crippen LogP contribution in [0.15, 0.2) is 30.3 Å². The number of nitrogen functional groups attached to an aromatic ring is 1. The van der Waals surface area contributed by atoms with Crippen molar-refractivity contribution in [1.82, 2.24) is 9.55 Å². The summed E-state index contributed by atoms with van der Waals surface area (Å²) < 4.78 is 1.97.